The highest BCUT2D eigenvalue weighted by molar-refractivity contribution is 5.25. The molecule has 72 valence electrons. The largest absolute Gasteiger partial charge is 0.0596 e. The summed E-state index contributed by atoms with van der Waals surface area (Å²) >= 11 is 0. The normalized spacial score (nSPS) is 30.0. The molecule has 12 heavy (non-hydrogen) atoms. The molecular weight excluding hydrogens is 144 g/mol. The topological polar surface area (TPSA) is 0 Å². The Labute approximate surface area is 77.7 Å². The van der Waals surface area contributed by atoms with E-state index < -0.39 is 0 Å². The molecule has 0 N–H and O–H groups in total. The van der Waals surface area contributed by atoms with E-state index in [1.165, 1.54) is 0 Å². The first kappa shape index (κ1) is 10.1. The van der Waals surface area contributed by atoms with Crippen molar-refractivity contribution in [3.05, 3.63) is 0 Å². The van der Waals surface area contributed by atoms with Crippen LogP contribution in [0.15, 0.2) is 0 Å². The molecular formula is C12H24. The van der Waals surface area contributed by atoms with Crippen LogP contribution in [0.5, 0.6) is 0 Å². The van der Waals surface area contributed by atoms with Gasteiger partial charge in [0.1, 0.15) is 0 Å². The summed E-state index contributed by atoms with van der Waals surface area (Å²) in [6, 6.07) is 0. The first-order chi connectivity index (χ1) is 5.00. The minimum Gasteiger partial charge on any atom is -0.0596 e. The second-order valence-electron chi connectivity index (χ2n) is 6.62. The molecule has 0 unspecified atom stereocenters. The van der Waals surface area contributed by atoms with Crippen molar-refractivity contribution in [2.24, 2.45) is 21.7 Å². The standard InChI is InChI=1S/C12H24/c1-9(2,3)12(8)10(4,5)11(12,6)7/h1-8H3. The summed E-state index contributed by atoms with van der Waals surface area (Å²) in [5.41, 5.74) is 1.86. The molecule has 0 heterocycles. The van der Waals surface area contributed by atoms with E-state index in [1.807, 2.05) is 0 Å². The highest BCUT2D eigenvalue weighted by Gasteiger charge is 2.77. The van der Waals surface area contributed by atoms with Crippen LogP contribution >= 0.6 is 0 Å². The van der Waals surface area contributed by atoms with Gasteiger partial charge < -0.3 is 0 Å². The van der Waals surface area contributed by atoms with Crippen molar-refractivity contribution in [2.45, 2.75) is 55.4 Å². The van der Waals surface area contributed by atoms with E-state index in [9.17, 15) is 0 Å². The zero-order chi connectivity index (χ0) is 10.0. The van der Waals surface area contributed by atoms with Crippen molar-refractivity contribution in [3.8, 4) is 0 Å². The molecule has 0 aromatic rings. The molecule has 0 aromatic carbocycles. The Morgan fingerprint density at radius 1 is 0.667 bits per heavy atom. The molecule has 0 saturated heterocycles. The van der Waals surface area contributed by atoms with Crippen molar-refractivity contribution in [3.63, 3.8) is 0 Å². The van der Waals surface area contributed by atoms with E-state index in [-0.39, 0.29) is 0 Å². The first-order valence-corrected chi connectivity index (χ1v) is 5.00. The average molecular weight is 168 g/mol. The summed E-state index contributed by atoms with van der Waals surface area (Å²) in [7, 11) is 0. The van der Waals surface area contributed by atoms with Gasteiger partial charge in [0, 0.05) is 0 Å². The molecule has 1 fully saturated rings. The molecule has 0 aliphatic heterocycles. The van der Waals surface area contributed by atoms with E-state index in [0.29, 0.717) is 21.7 Å². The van der Waals surface area contributed by atoms with Gasteiger partial charge in [0.25, 0.3) is 0 Å². The molecule has 1 aliphatic carbocycles. The lowest BCUT2D eigenvalue weighted by molar-refractivity contribution is 0.165. The SMILES string of the molecule is CC(C)(C)C1(C)C(C)(C)C1(C)C. The van der Waals surface area contributed by atoms with Gasteiger partial charge >= 0.3 is 0 Å². The van der Waals surface area contributed by atoms with Crippen molar-refractivity contribution in [1.29, 1.82) is 0 Å². The maximum Gasteiger partial charge on any atom is -0.0164 e. The Balaban J connectivity index is 3.09. The predicted molar refractivity (Wildman–Crippen MR) is 55.1 cm³/mol. The van der Waals surface area contributed by atoms with Gasteiger partial charge in [-0.25, -0.2) is 0 Å². The Kier molecular flexibility index (Phi) is 1.60. The van der Waals surface area contributed by atoms with Gasteiger partial charge in [0.15, 0.2) is 0 Å². The molecule has 1 saturated carbocycles. The highest BCUT2D eigenvalue weighted by Crippen LogP contribution is 2.83. The van der Waals surface area contributed by atoms with E-state index in [0.717, 1.165) is 0 Å². The number of hydrogen-bond acceptors (Lipinski definition) is 0. The summed E-state index contributed by atoms with van der Waals surface area (Å²) in [6.07, 6.45) is 0. The summed E-state index contributed by atoms with van der Waals surface area (Å²) in [4.78, 5) is 0. The molecule has 0 aromatic heterocycles. The van der Waals surface area contributed by atoms with Crippen LogP contribution in [0.4, 0.5) is 0 Å². The monoisotopic (exact) mass is 168 g/mol. The lowest BCUT2D eigenvalue weighted by Crippen LogP contribution is -2.25. The van der Waals surface area contributed by atoms with Gasteiger partial charge in [0.2, 0.25) is 0 Å². The fraction of sp³-hybridized carbons (Fsp3) is 1.00. The highest BCUT2D eigenvalue weighted by atomic mass is 14.8. The molecule has 0 heteroatoms. The van der Waals surface area contributed by atoms with Crippen LogP contribution in [0, 0.1) is 21.7 Å². The Bertz CT molecular complexity index is 187. The van der Waals surface area contributed by atoms with Crippen LogP contribution < -0.4 is 0 Å². The van der Waals surface area contributed by atoms with Crippen molar-refractivity contribution in [2.75, 3.05) is 0 Å². The van der Waals surface area contributed by atoms with Crippen LogP contribution in [0.1, 0.15) is 55.4 Å². The Morgan fingerprint density at radius 2 is 0.917 bits per heavy atom. The van der Waals surface area contributed by atoms with Crippen LogP contribution in [0.25, 0.3) is 0 Å². The second kappa shape index (κ2) is 1.91. The van der Waals surface area contributed by atoms with Gasteiger partial charge in [-0.3, -0.25) is 0 Å². The third kappa shape index (κ3) is 0.701. The summed E-state index contributed by atoms with van der Waals surface area (Å²) in [5.74, 6) is 0. The summed E-state index contributed by atoms with van der Waals surface area (Å²) in [6.45, 7) is 19.1. The molecule has 0 nitrogen and oxygen atoms in total. The van der Waals surface area contributed by atoms with E-state index in [1.54, 1.807) is 0 Å². The van der Waals surface area contributed by atoms with Crippen molar-refractivity contribution >= 4 is 0 Å². The zero-order valence-electron chi connectivity index (χ0n) is 10.0. The first-order valence-electron chi connectivity index (χ1n) is 5.00. The Hall–Kier alpha value is 0. The van der Waals surface area contributed by atoms with Crippen LogP contribution in [-0.2, 0) is 0 Å². The smallest absolute Gasteiger partial charge is 0.0164 e. The van der Waals surface area contributed by atoms with Gasteiger partial charge in [-0.15, -0.1) is 0 Å². The molecule has 0 amide bonds. The Morgan fingerprint density at radius 3 is 0.917 bits per heavy atom. The lowest BCUT2D eigenvalue weighted by Gasteiger charge is -2.32. The van der Waals surface area contributed by atoms with E-state index in [4.69, 9.17) is 0 Å². The predicted octanol–water partition coefficient (Wildman–Crippen LogP) is 4.10. The average Bonchev–Trinajstić information content (AvgIpc) is 2.09. The minimum absolute atomic E-state index is 0.417. The minimum atomic E-state index is 0.417. The van der Waals surface area contributed by atoms with E-state index >= 15 is 0 Å². The van der Waals surface area contributed by atoms with Crippen molar-refractivity contribution in [1.82, 2.24) is 0 Å². The molecule has 0 spiro atoms. The maximum atomic E-state index is 2.44. The molecule has 1 rings (SSSR count). The second-order valence-corrected chi connectivity index (χ2v) is 6.62. The van der Waals surface area contributed by atoms with Gasteiger partial charge in [-0.1, -0.05) is 55.4 Å². The summed E-state index contributed by atoms with van der Waals surface area (Å²) in [5, 5.41) is 0. The number of hydrogen-bond donors (Lipinski definition) is 0. The molecule has 0 radical (unpaired) electrons. The van der Waals surface area contributed by atoms with Gasteiger partial charge in [0.05, 0.1) is 0 Å². The third-order valence-electron chi connectivity index (χ3n) is 5.50. The molecule has 0 atom stereocenters. The van der Waals surface area contributed by atoms with E-state index in [2.05, 4.69) is 55.4 Å². The van der Waals surface area contributed by atoms with Crippen LogP contribution in [0.3, 0.4) is 0 Å². The third-order valence-corrected chi connectivity index (χ3v) is 5.50. The fourth-order valence-corrected chi connectivity index (χ4v) is 3.47. The fourth-order valence-electron chi connectivity index (χ4n) is 3.47. The van der Waals surface area contributed by atoms with Crippen LogP contribution in [0.2, 0.25) is 0 Å². The molecule has 1 aliphatic rings. The zero-order valence-corrected chi connectivity index (χ0v) is 10.0. The van der Waals surface area contributed by atoms with Crippen LogP contribution in [-0.4, -0.2) is 0 Å². The quantitative estimate of drug-likeness (QED) is 0.511. The lowest BCUT2D eigenvalue weighted by atomic mass is 9.72. The van der Waals surface area contributed by atoms with Crippen molar-refractivity contribution < 1.29 is 0 Å². The number of rotatable bonds is 0. The summed E-state index contributed by atoms with van der Waals surface area (Å²) < 4.78 is 0. The van der Waals surface area contributed by atoms with Gasteiger partial charge in [-0.2, -0.15) is 0 Å². The molecule has 0 bridgehead atoms. The van der Waals surface area contributed by atoms with Gasteiger partial charge in [-0.05, 0) is 21.7 Å². The maximum absolute atomic E-state index is 2.44.